The molecule has 0 N–H and O–H groups in total. The second-order valence-electron chi connectivity index (χ2n) is 5.88. The fourth-order valence-corrected chi connectivity index (χ4v) is 2.73. The first-order valence-electron chi connectivity index (χ1n) is 8.65. The Kier molecular flexibility index (Phi) is 5.86. The van der Waals surface area contributed by atoms with Gasteiger partial charge in [-0.2, -0.15) is 0 Å². The summed E-state index contributed by atoms with van der Waals surface area (Å²) in [6.07, 6.45) is 4.47. The van der Waals surface area contributed by atoms with Crippen LogP contribution in [0.15, 0.2) is 54.9 Å². The van der Waals surface area contributed by atoms with Gasteiger partial charge >= 0.3 is 5.97 Å². The molecule has 0 aliphatic carbocycles. The number of hydrogen-bond acceptors (Lipinski definition) is 4. The molecule has 0 saturated carbocycles. The Balaban J connectivity index is 2.25. The van der Waals surface area contributed by atoms with Crippen LogP contribution < -0.4 is 0 Å². The van der Waals surface area contributed by atoms with Crippen LogP contribution in [0.5, 0.6) is 0 Å². The van der Waals surface area contributed by atoms with Crippen LogP contribution >= 0.6 is 0 Å². The average molecular weight is 368 g/mol. The zero-order valence-corrected chi connectivity index (χ0v) is 14.8. The van der Waals surface area contributed by atoms with Crippen LogP contribution in [0.2, 0.25) is 0 Å². The number of pyridine rings is 2. The molecular weight excluding hydrogens is 350 g/mol. The maximum absolute atomic E-state index is 14.8. The van der Waals surface area contributed by atoms with E-state index in [9.17, 15) is 13.6 Å². The van der Waals surface area contributed by atoms with E-state index in [1.54, 1.807) is 36.4 Å². The minimum atomic E-state index is -0.991. The van der Waals surface area contributed by atoms with Crippen molar-refractivity contribution < 1.29 is 18.3 Å². The number of benzene rings is 1. The first-order valence-corrected chi connectivity index (χ1v) is 8.65. The lowest BCUT2D eigenvalue weighted by Crippen LogP contribution is -2.13. The van der Waals surface area contributed by atoms with Crippen molar-refractivity contribution in [2.75, 3.05) is 6.61 Å². The number of carbonyl (C=O) groups excluding carboxylic acids is 1. The van der Waals surface area contributed by atoms with Crippen molar-refractivity contribution in [1.29, 1.82) is 0 Å². The average Bonchev–Trinajstić information content (AvgIpc) is 2.69. The first-order chi connectivity index (χ1) is 13.1. The van der Waals surface area contributed by atoms with E-state index in [1.807, 2.05) is 6.92 Å². The molecule has 2 aromatic heterocycles. The van der Waals surface area contributed by atoms with Crippen LogP contribution in [-0.4, -0.2) is 22.5 Å². The summed E-state index contributed by atoms with van der Waals surface area (Å²) in [5.74, 6) is -2.66. The van der Waals surface area contributed by atoms with E-state index in [0.29, 0.717) is 12.5 Å². The van der Waals surface area contributed by atoms with E-state index in [1.165, 1.54) is 12.4 Å². The highest BCUT2D eigenvalue weighted by molar-refractivity contribution is 6.01. The van der Waals surface area contributed by atoms with Gasteiger partial charge in [0, 0.05) is 29.6 Å². The van der Waals surface area contributed by atoms with Gasteiger partial charge in [-0.25, -0.2) is 13.6 Å². The SMILES string of the molecule is CCCCOC(=O)c1c(F)cc(F)c(-c2ccccn2)c1-c1ccccn1. The van der Waals surface area contributed by atoms with E-state index in [0.717, 1.165) is 6.42 Å². The van der Waals surface area contributed by atoms with Crippen LogP contribution in [0.3, 0.4) is 0 Å². The smallest absolute Gasteiger partial charge is 0.341 e. The van der Waals surface area contributed by atoms with Gasteiger partial charge in [0.2, 0.25) is 0 Å². The van der Waals surface area contributed by atoms with E-state index >= 15 is 0 Å². The Morgan fingerprint density at radius 2 is 1.59 bits per heavy atom. The van der Waals surface area contributed by atoms with E-state index in [2.05, 4.69) is 9.97 Å². The number of carbonyl (C=O) groups is 1. The van der Waals surface area contributed by atoms with Crippen molar-refractivity contribution in [2.24, 2.45) is 0 Å². The fraction of sp³-hybridized carbons (Fsp3) is 0.190. The number of esters is 1. The number of rotatable bonds is 6. The number of nitrogens with zero attached hydrogens (tertiary/aromatic N) is 2. The highest BCUT2D eigenvalue weighted by atomic mass is 19.1. The third kappa shape index (κ3) is 4.00. The quantitative estimate of drug-likeness (QED) is 0.451. The Morgan fingerprint density at radius 3 is 2.15 bits per heavy atom. The van der Waals surface area contributed by atoms with Crippen molar-refractivity contribution in [3.05, 3.63) is 72.1 Å². The zero-order chi connectivity index (χ0) is 19.2. The number of unbranched alkanes of at least 4 members (excludes halogenated alkanes) is 1. The summed E-state index contributed by atoms with van der Waals surface area (Å²) in [5, 5.41) is 0. The highest BCUT2D eigenvalue weighted by Crippen LogP contribution is 2.37. The second kappa shape index (κ2) is 8.49. The molecule has 0 amide bonds. The summed E-state index contributed by atoms with van der Waals surface area (Å²) in [4.78, 5) is 20.9. The fourth-order valence-electron chi connectivity index (χ4n) is 2.73. The Bertz CT molecular complexity index is 932. The second-order valence-corrected chi connectivity index (χ2v) is 5.88. The Hall–Kier alpha value is -3.15. The maximum Gasteiger partial charge on any atom is 0.341 e. The molecule has 0 bridgehead atoms. The van der Waals surface area contributed by atoms with Crippen molar-refractivity contribution in [1.82, 2.24) is 9.97 Å². The molecular formula is C21H18F2N2O2. The van der Waals surface area contributed by atoms with Crippen molar-refractivity contribution >= 4 is 5.97 Å². The van der Waals surface area contributed by atoms with Crippen LogP contribution in [0.25, 0.3) is 22.5 Å². The van der Waals surface area contributed by atoms with Gasteiger partial charge in [-0.05, 0) is 30.7 Å². The summed E-state index contributed by atoms with van der Waals surface area (Å²) < 4.78 is 34.6. The van der Waals surface area contributed by atoms with Gasteiger partial charge < -0.3 is 4.74 Å². The lowest BCUT2D eigenvalue weighted by atomic mass is 9.94. The predicted octanol–water partition coefficient (Wildman–Crippen LogP) is 5.05. The third-order valence-electron chi connectivity index (χ3n) is 4.01. The molecule has 6 heteroatoms. The Labute approximate surface area is 155 Å². The number of hydrogen-bond donors (Lipinski definition) is 0. The molecule has 27 heavy (non-hydrogen) atoms. The molecule has 0 fully saturated rings. The predicted molar refractivity (Wildman–Crippen MR) is 98.0 cm³/mol. The van der Waals surface area contributed by atoms with Gasteiger partial charge in [0.15, 0.2) is 0 Å². The molecule has 0 atom stereocenters. The van der Waals surface area contributed by atoms with Crippen molar-refractivity contribution in [3.8, 4) is 22.5 Å². The van der Waals surface area contributed by atoms with Gasteiger partial charge in [-0.15, -0.1) is 0 Å². The molecule has 3 rings (SSSR count). The van der Waals surface area contributed by atoms with Crippen LogP contribution in [-0.2, 0) is 4.74 Å². The van der Waals surface area contributed by atoms with Gasteiger partial charge in [-0.3, -0.25) is 9.97 Å². The molecule has 0 spiro atoms. The largest absolute Gasteiger partial charge is 0.462 e. The molecule has 3 aromatic rings. The molecule has 0 unspecified atom stereocenters. The number of ether oxygens (including phenoxy) is 1. The summed E-state index contributed by atoms with van der Waals surface area (Å²) in [7, 11) is 0. The lowest BCUT2D eigenvalue weighted by molar-refractivity contribution is 0.0495. The molecule has 138 valence electrons. The molecule has 1 aromatic carbocycles. The highest BCUT2D eigenvalue weighted by Gasteiger charge is 2.27. The molecule has 2 heterocycles. The molecule has 0 aliphatic heterocycles. The first kappa shape index (κ1) is 18.6. The van der Waals surface area contributed by atoms with Crippen molar-refractivity contribution in [2.45, 2.75) is 19.8 Å². The summed E-state index contributed by atoms with van der Waals surface area (Å²) in [6.45, 7) is 2.11. The third-order valence-corrected chi connectivity index (χ3v) is 4.01. The van der Waals surface area contributed by atoms with Gasteiger partial charge in [-0.1, -0.05) is 25.5 Å². The summed E-state index contributed by atoms with van der Waals surface area (Å²) in [6, 6.07) is 10.6. The molecule has 4 nitrogen and oxygen atoms in total. The summed E-state index contributed by atoms with van der Waals surface area (Å²) in [5.41, 5.74) is 0.246. The van der Waals surface area contributed by atoms with E-state index in [-0.39, 0.29) is 34.7 Å². The summed E-state index contributed by atoms with van der Waals surface area (Å²) >= 11 is 0. The van der Waals surface area contributed by atoms with Crippen LogP contribution in [0.4, 0.5) is 8.78 Å². The standard InChI is InChI=1S/C21H18F2N2O2/c1-2-3-12-27-21(26)19-15(23)13-14(22)18(16-8-4-6-10-24-16)20(19)17-9-5-7-11-25-17/h4-11,13H,2-3,12H2,1H3. The molecule has 0 radical (unpaired) electrons. The van der Waals surface area contributed by atoms with Crippen LogP contribution in [0.1, 0.15) is 30.1 Å². The van der Waals surface area contributed by atoms with Gasteiger partial charge in [0.25, 0.3) is 0 Å². The van der Waals surface area contributed by atoms with Gasteiger partial charge in [0.1, 0.15) is 17.2 Å². The van der Waals surface area contributed by atoms with E-state index < -0.39 is 17.6 Å². The van der Waals surface area contributed by atoms with E-state index in [4.69, 9.17) is 4.74 Å². The lowest BCUT2D eigenvalue weighted by Gasteiger charge is -2.16. The van der Waals surface area contributed by atoms with Gasteiger partial charge in [0.05, 0.1) is 18.0 Å². The maximum atomic E-state index is 14.8. The molecule has 0 aliphatic rings. The zero-order valence-electron chi connectivity index (χ0n) is 14.8. The monoisotopic (exact) mass is 368 g/mol. The minimum Gasteiger partial charge on any atom is -0.462 e. The Morgan fingerprint density at radius 1 is 0.963 bits per heavy atom. The minimum absolute atomic E-state index is 0.0122. The normalized spacial score (nSPS) is 10.6. The van der Waals surface area contributed by atoms with Crippen LogP contribution in [0, 0.1) is 11.6 Å². The number of halogens is 2. The van der Waals surface area contributed by atoms with Crippen molar-refractivity contribution in [3.63, 3.8) is 0 Å². The molecule has 0 saturated heterocycles. The number of aromatic nitrogens is 2. The topological polar surface area (TPSA) is 52.1 Å².